The molecule has 4 heteroatoms. The summed E-state index contributed by atoms with van der Waals surface area (Å²) in [5.41, 5.74) is 1.26. The maximum absolute atomic E-state index is 12.3. The van der Waals surface area contributed by atoms with E-state index in [-0.39, 0.29) is 23.7 Å². The van der Waals surface area contributed by atoms with Crippen molar-refractivity contribution in [3.63, 3.8) is 0 Å². The third kappa shape index (κ3) is 3.81. The molecule has 0 bridgehead atoms. The Labute approximate surface area is 145 Å². The van der Waals surface area contributed by atoms with Crippen LogP contribution in [-0.2, 0) is 16.0 Å². The lowest BCUT2D eigenvalue weighted by molar-refractivity contribution is -0.192. The van der Waals surface area contributed by atoms with Gasteiger partial charge in [0.2, 0.25) is 0 Å². The highest BCUT2D eigenvalue weighted by Gasteiger charge is 2.45. The highest BCUT2D eigenvalue weighted by atomic mass is 16.5. The molecule has 1 unspecified atom stereocenters. The SMILES string of the molecule is CC1OC2(CCN(CCc3ccccc3)CC2)CN(C(C)C)C1=O. The number of hydrogen-bond donors (Lipinski definition) is 0. The van der Waals surface area contributed by atoms with Gasteiger partial charge in [0.05, 0.1) is 12.1 Å². The first-order valence-corrected chi connectivity index (χ1v) is 9.24. The minimum atomic E-state index is -0.308. The fraction of sp³-hybridized carbons (Fsp3) is 0.650. The summed E-state index contributed by atoms with van der Waals surface area (Å²) in [7, 11) is 0. The predicted molar refractivity (Wildman–Crippen MR) is 95.9 cm³/mol. The van der Waals surface area contributed by atoms with Gasteiger partial charge in [0, 0.05) is 25.7 Å². The van der Waals surface area contributed by atoms with Gasteiger partial charge in [0.1, 0.15) is 6.10 Å². The molecule has 1 amide bonds. The highest BCUT2D eigenvalue weighted by Crippen LogP contribution is 2.33. The molecule has 0 aromatic heterocycles. The van der Waals surface area contributed by atoms with Gasteiger partial charge in [-0.3, -0.25) is 4.79 Å². The second kappa shape index (κ2) is 7.24. The molecule has 1 aromatic rings. The highest BCUT2D eigenvalue weighted by molar-refractivity contribution is 5.81. The second-order valence-corrected chi connectivity index (χ2v) is 7.58. The van der Waals surface area contributed by atoms with E-state index in [2.05, 4.69) is 49.1 Å². The average Bonchev–Trinajstić information content (AvgIpc) is 2.58. The minimum Gasteiger partial charge on any atom is -0.360 e. The van der Waals surface area contributed by atoms with Crippen molar-refractivity contribution in [2.24, 2.45) is 0 Å². The van der Waals surface area contributed by atoms with E-state index in [0.717, 1.165) is 45.4 Å². The van der Waals surface area contributed by atoms with Crippen molar-refractivity contribution < 1.29 is 9.53 Å². The van der Waals surface area contributed by atoms with Crippen LogP contribution in [0.5, 0.6) is 0 Å². The van der Waals surface area contributed by atoms with Crippen molar-refractivity contribution in [1.29, 1.82) is 0 Å². The molecule has 2 saturated heterocycles. The zero-order valence-corrected chi connectivity index (χ0v) is 15.2. The zero-order valence-electron chi connectivity index (χ0n) is 15.2. The zero-order chi connectivity index (χ0) is 17.2. The number of morpholine rings is 1. The molecule has 2 aliphatic heterocycles. The maximum Gasteiger partial charge on any atom is 0.251 e. The summed E-state index contributed by atoms with van der Waals surface area (Å²) >= 11 is 0. The van der Waals surface area contributed by atoms with Crippen LogP contribution in [0.1, 0.15) is 39.2 Å². The summed E-state index contributed by atoms with van der Waals surface area (Å²) in [6, 6.07) is 10.9. The average molecular weight is 330 g/mol. The van der Waals surface area contributed by atoms with Gasteiger partial charge in [-0.15, -0.1) is 0 Å². The quantitative estimate of drug-likeness (QED) is 0.851. The van der Waals surface area contributed by atoms with Crippen LogP contribution in [0.2, 0.25) is 0 Å². The molecule has 0 N–H and O–H groups in total. The van der Waals surface area contributed by atoms with E-state index in [1.165, 1.54) is 5.56 Å². The van der Waals surface area contributed by atoms with Crippen LogP contribution in [0, 0.1) is 0 Å². The molecule has 2 aliphatic rings. The van der Waals surface area contributed by atoms with Gasteiger partial charge in [0.15, 0.2) is 0 Å². The molecular weight excluding hydrogens is 300 g/mol. The Hall–Kier alpha value is -1.39. The summed E-state index contributed by atoms with van der Waals surface area (Å²) in [5, 5.41) is 0. The number of ether oxygens (including phenoxy) is 1. The number of rotatable bonds is 4. The Balaban J connectivity index is 1.55. The van der Waals surface area contributed by atoms with Crippen LogP contribution in [-0.4, -0.2) is 59.6 Å². The van der Waals surface area contributed by atoms with Gasteiger partial charge in [-0.25, -0.2) is 0 Å². The van der Waals surface area contributed by atoms with E-state index >= 15 is 0 Å². The Morgan fingerprint density at radius 3 is 2.50 bits per heavy atom. The van der Waals surface area contributed by atoms with E-state index < -0.39 is 0 Å². The number of likely N-dealkylation sites (tertiary alicyclic amines) is 1. The van der Waals surface area contributed by atoms with E-state index in [9.17, 15) is 4.79 Å². The Bertz CT molecular complexity index is 550. The van der Waals surface area contributed by atoms with Crippen molar-refractivity contribution in [2.45, 2.75) is 57.8 Å². The monoisotopic (exact) mass is 330 g/mol. The first-order valence-electron chi connectivity index (χ1n) is 9.24. The lowest BCUT2D eigenvalue weighted by Crippen LogP contribution is -2.62. The Kier molecular flexibility index (Phi) is 5.26. The maximum atomic E-state index is 12.3. The summed E-state index contributed by atoms with van der Waals surface area (Å²) in [6.07, 6.45) is 2.82. The van der Waals surface area contributed by atoms with E-state index in [4.69, 9.17) is 4.74 Å². The van der Waals surface area contributed by atoms with E-state index in [0.29, 0.717) is 0 Å². The summed E-state index contributed by atoms with van der Waals surface area (Å²) < 4.78 is 6.20. The number of amides is 1. The van der Waals surface area contributed by atoms with Crippen molar-refractivity contribution in [1.82, 2.24) is 9.80 Å². The largest absolute Gasteiger partial charge is 0.360 e. The summed E-state index contributed by atoms with van der Waals surface area (Å²) in [6.45, 7) is 10.1. The van der Waals surface area contributed by atoms with E-state index in [1.54, 1.807) is 0 Å². The fourth-order valence-corrected chi connectivity index (χ4v) is 3.91. The summed E-state index contributed by atoms with van der Waals surface area (Å²) in [5.74, 6) is 0.141. The van der Waals surface area contributed by atoms with Gasteiger partial charge in [-0.1, -0.05) is 30.3 Å². The van der Waals surface area contributed by atoms with Crippen LogP contribution in [0.25, 0.3) is 0 Å². The molecule has 3 rings (SSSR count). The molecule has 24 heavy (non-hydrogen) atoms. The Morgan fingerprint density at radius 2 is 1.88 bits per heavy atom. The number of piperidine rings is 1. The van der Waals surface area contributed by atoms with Crippen LogP contribution in [0.15, 0.2) is 30.3 Å². The molecule has 0 aliphatic carbocycles. The lowest BCUT2D eigenvalue weighted by atomic mass is 9.88. The van der Waals surface area contributed by atoms with Crippen LogP contribution >= 0.6 is 0 Å². The molecule has 1 spiro atoms. The standard InChI is InChI=1S/C20H30N2O2/c1-16(2)22-15-20(24-17(3)19(22)23)10-13-21(14-11-20)12-9-18-7-5-4-6-8-18/h4-8,16-17H,9-15H2,1-3H3. The lowest BCUT2D eigenvalue weighted by Gasteiger charge is -2.50. The topological polar surface area (TPSA) is 32.8 Å². The van der Waals surface area contributed by atoms with Crippen LogP contribution < -0.4 is 0 Å². The fourth-order valence-electron chi connectivity index (χ4n) is 3.91. The molecule has 0 radical (unpaired) electrons. The molecule has 2 fully saturated rings. The molecule has 132 valence electrons. The van der Waals surface area contributed by atoms with Gasteiger partial charge >= 0.3 is 0 Å². The van der Waals surface area contributed by atoms with Crippen molar-refractivity contribution in [2.75, 3.05) is 26.2 Å². The molecular formula is C20H30N2O2. The molecule has 4 nitrogen and oxygen atoms in total. The smallest absolute Gasteiger partial charge is 0.251 e. The normalized spacial score (nSPS) is 24.8. The third-order valence-corrected chi connectivity index (χ3v) is 5.47. The predicted octanol–water partition coefficient (Wildman–Crippen LogP) is 2.72. The molecule has 1 aromatic carbocycles. The van der Waals surface area contributed by atoms with E-state index in [1.807, 2.05) is 11.8 Å². The van der Waals surface area contributed by atoms with Crippen molar-refractivity contribution in [3.05, 3.63) is 35.9 Å². The minimum absolute atomic E-state index is 0.138. The van der Waals surface area contributed by atoms with Crippen molar-refractivity contribution in [3.8, 4) is 0 Å². The second-order valence-electron chi connectivity index (χ2n) is 7.58. The van der Waals surface area contributed by atoms with Crippen LogP contribution in [0.4, 0.5) is 0 Å². The van der Waals surface area contributed by atoms with Crippen molar-refractivity contribution >= 4 is 5.91 Å². The molecule has 2 heterocycles. The number of carbonyl (C=O) groups excluding carboxylic acids is 1. The molecule has 1 atom stereocenters. The number of nitrogens with zero attached hydrogens (tertiary/aromatic N) is 2. The number of carbonyl (C=O) groups is 1. The molecule has 0 saturated carbocycles. The van der Waals surface area contributed by atoms with Crippen LogP contribution in [0.3, 0.4) is 0 Å². The van der Waals surface area contributed by atoms with Gasteiger partial charge in [-0.2, -0.15) is 0 Å². The first kappa shape index (κ1) is 17.4. The third-order valence-electron chi connectivity index (χ3n) is 5.47. The summed E-state index contributed by atoms with van der Waals surface area (Å²) in [4.78, 5) is 16.8. The number of benzene rings is 1. The van der Waals surface area contributed by atoms with Gasteiger partial charge < -0.3 is 14.5 Å². The van der Waals surface area contributed by atoms with Gasteiger partial charge in [0.25, 0.3) is 5.91 Å². The Morgan fingerprint density at radius 1 is 1.21 bits per heavy atom. The number of hydrogen-bond acceptors (Lipinski definition) is 3. The first-order chi connectivity index (χ1) is 11.5. The van der Waals surface area contributed by atoms with Gasteiger partial charge in [-0.05, 0) is 45.6 Å².